The molecule has 1 aromatic carbocycles. The van der Waals surface area contributed by atoms with Crippen LogP contribution < -0.4 is 5.32 Å². The quantitative estimate of drug-likeness (QED) is 0.700. The Morgan fingerprint density at radius 1 is 1.24 bits per heavy atom. The molecule has 110 valence electrons. The molecule has 1 N–H and O–H groups in total. The van der Waals surface area contributed by atoms with Gasteiger partial charge in [-0.2, -0.15) is 5.10 Å². The lowest BCUT2D eigenvalue weighted by Gasteiger charge is -2.00. The summed E-state index contributed by atoms with van der Waals surface area (Å²) in [5.41, 5.74) is 3.14. The van der Waals surface area contributed by atoms with Gasteiger partial charge in [-0.3, -0.25) is 9.36 Å². The summed E-state index contributed by atoms with van der Waals surface area (Å²) in [4.78, 5) is 0. The minimum absolute atomic E-state index is 0.641. The van der Waals surface area contributed by atoms with Crippen LogP contribution in [-0.2, 0) is 20.1 Å². The molecule has 6 nitrogen and oxygen atoms in total. The van der Waals surface area contributed by atoms with Crippen molar-refractivity contribution in [2.45, 2.75) is 26.4 Å². The maximum Gasteiger partial charge on any atom is 0.104 e. The van der Waals surface area contributed by atoms with E-state index < -0.39 is 0 Å². The van der Waals surface area contributed by atoms with Crippen molar-refractivity contribution in [1.82, 2.24) is 30.1 Å². The van der Waals surface area contributed by atoms with Gasteiger partial charge in [-0.15, -0.1) is 5.10 Å². The number of fused-ring (bicyclic) bond motifs is 1. The minimum Gasteiger partial charge on any atom is -0.311 e. The molecule has 0 radical (unpaired) electrons. The van der Waals surface area contributed by atoms with Gasteiger partial charge in [0, 0.05) is 25.2 Å². The second-order valence-corrected chi connectivity index (χ2v) is 5.18. The second-order valence-electron chi connectivity index (χ2n) is 5.18. The number of nitrogens with zero attached hydrogens (tertiary/aromatic N) is 5. The van der Waals surface area contributed by atoms with E-state index in [9.17, 15) is 0 Å². The van der Waals surface area contributed by atoms with Crippen LogP contribution in [0.1, 0.15) is 24.7 Å². The van der Waals surface area contributed by atoms with E-state index in [1.807, 2.05) is 24.0 Å². The highest BCUT2D eigenvalue weighted by molar-refractivity contribution is 5.82. The maximum atomic E-state index is 4.74. The zero-order chi connectivity index (χ0) is 14.7. The highest BCUT2D eigenvalue weighted by Gasteiger charge is 2.11. The van der Waals surface area contributed by atoms with Crippen LogP contribution in [0.4, 0.5) is 0 Å². The molecule has 0 amide bonds. The number of hydrogen-bond donors (Lipinski definition) is 1. The van der Waals surface area contributed by atoms with Crippen LogP contribution in [0.2, 0.25) is 0 Å². The molecule has 0 spiro atoms. The molecule has 3 rings (SSSR count). The number of para-hydroxylation sites is 1. The van der Waals surface area contributed by atoms with E-state index in [0.29, 0.717) is 6.54 Å². The third-order valence-corrected chi connectivity index (χ3v) is 3.42. The predicted octanol–water partition coefficient (Wildman–Crippen LogP) is 1.71. The fraction of sp³-hybridized carbons (Fsp3) is 0.400. The van der Waals surface area contributed by atoms with Crippen LogP contribution in [0, 0.1) is 0 Å². The Labute approximate surface area is 123 Å². The highest BCUT2D eigenvalue weighted by atomic mass is 15.4. The Balaban J connectivity index is 1.90. The van der Waals surface area contributed by atoms with Crippen molar-refractivity contribution >= 4 is 10.9 Å². The van der Waals surface area contributed by atoms with Crippen LogP contribution in [0.5, 0.6) is 0 Å². The predicted molar refractivity (Wildman–Crippen MR) is 81.8 cm³/mol. The molecule has 0 bridgehead atoms. The van der Waals surface area contributed by atoms with E-state index in [0.717, 1.165) is 36.4 Å². The first-order valence-electron chi connectivity index (χ1n) is 7.28. The topological polar surface area (TPSA) is 60.6 Å². The van der Waals surface area contributed by atoms with E-state index in [-0.39, 0.29) is 0 Å². The first-order chi connectivity index (χ1) is 10.3. The first kappa shape index (κ1) is 13.8. The summed E-state index contributed by atoms with van der Waals surface area (Å²) in [6.07, 6.45) is 3.05. The molecule has 0 unspecified atom stereocenters. The van der Waals surface area contributed by atoms with Gasteiger partial charge < -0.3 is 5.32 Å². The number of hydrogen-bond acceptors (Lipinski definition) is 4. The Bertz CT molecular complexity index is 727. The molecule has 0 aliphatic heterocycles. The van der Waals surface area contributed by atoms with Crippen molar-refractivity contribution < 1.29 is 0 Å². The highest BCUT2D eigenvalue weighted by Crippen LogP contribution is 2.19. The monoisotopic (exact) mass is 284 g/mol. The average molecular weight is 284 g/mol. The number of aromatic nitrogens is 5. The first-order valence-corrected chi connectivity index (χ1v) is 7.28. The summed E-state index contributed by atoms with van der Waals surface area (Å²) < 4.78 is 3.72. The van der Waals surface area contributed by atoms with Crippen molar-refractivity contribution in [2.75, 3.05) is 6.54 Å². The molecule has 6 heteroatoms. The van der Waals surface area contributed by atoms with E-state index in [2.05, 4.69) is 40.8 Å². The zero-order valence-electron chi connectivity index (χ0n) is 12.5. The Morgan fingerprint density at radius 2 is 2.10 bits per heavy atom. The number of aryl methyl sites for hydroxylation is 1. The van der Waals surface area contributed by atoms with Gasteiger partial charge in [0.15, 0.2) is 0 Å². The smallest absolute Gasteiger partial charge is 0.104 e. The largest absolute Gasteiger partial charge is 0.311 e. The molecule has 3 aromatic rings. The lowest BCUT2D eigenvalue weighted by molar-refractivity contribution is 0.631. The van der Waals surface area contributed by atoms with Crippen LogP contribution in [0.25, 0.3) is 10.9 Å². The summed E-state index contributed by atoms with van der Waals surface area (Å²) >= 11 is 0. The Hall–Kier alpha value is -2.21. The van der Waals surface area contributed by atoms with Crippen molar-refractivity contribution in [2.24, 2.45) is 7.05 Å². The van der Waals surface area contributed by atoms with Gasteiger partial charge in [0.2, 0.25) is 0 Å². The molecule has 21 heavy (non-hydrogen) atoms. The molecule has 0 aliphatic rings. The van der Waals surface area contributed by atoms with Gasteiger partial charge in [-0.1, -0.05) is 30.3 Å². The van der Waals surface area contributed by atoms with Gasteiger partial charge in [-0.25, -0.2) is 0 Å². The molecule has 0 fully saturated rings. The van der Waals surface area contributed by atoms with Crippen LogP contribution in [0.3, 0.4) is 0 Å². The summed E-state index contributed by atoms with van der Waals surface area (Å²) in [5, 5.41) is 17.5. The zero-order valence-corrected chi connectivity index (χ0v) is 12.5. The molecule has 0 saturated heterocycles. The second kappa shape index (κ2) is 6.05. The molecular weight excluding hydrogens is 264 g/mol. The molecule has 2 aromatic heterocycles. The van der Waals surface area contributed by atoms with E-state index in [1.165, 1.54) is 5.39 Å². The van der Waals surface area contributed by atoms with E-state index in [4.69, 9.17) is 5.10 Å². The SMILES string of the molecule is CCCNCc1nn(Cc2cn(C)nn2)c2ccccc12. The summed E-state index contributed by atoms with van der Waals surface area (Å²) in [5.74, 6) is 0. The van der Waals surface area contributed by atoms with Crippen molar-refractivity contribution in [3.8, 4) is 0 Å². The maximum absolute atomic E-state index is 4.74. The van der Waals surface area contributed by atoms with Gasteiger partial charge in [-0.05, 0) is 19.0 Å². The normalized spacial score (nSPS) is 11.3. The molecule has 0 atom stereocenters. The van der Waals surface area contributed by atoms with Crippen LogP contribution >= 0.6 is 0 Å². The average Bonchev–Trinajstić information content (AvgIpc) is 3.05. The number of rotatable bonds is 6. The molecular formula is C15H20N6. The Kier molecular flexibility index (Phi) is 3.96. The number of benzene rings is 1. The lowest BCUT2D eigenvalue weighted by atomic mass is 10.2. The van der Waals surface area contributed by atoms with E-state index in [1.54, 1.807) is 4.68 Å². The summed E-state index contributed by atoms with van der Waals surface area (Å²) in [6.45, 7) is 4.60. The molecule has 0 aliphatic carbocycles. The molecule has 2 heterocycles. The standard InChI is InChI=1S/C15H20N6/c1-3-8-16-9-14-13-6-4-5-7-15(13)21(18-14)11-12-10-20(2)19-17-12/h4-7,10,16H,3,8-9,11H2,1-2H3. The van der Waals surface area contributed by atoms with Gasteiger partial charge in [0.05, 0.1) is 17.8 Å². The van der Waals surface area contributed by atoms with E-state index >= 15 is 0 Å². The number of nitrogens with one attached hydrogen (secondary N) is 1. The fourth-order valence-corrected chi connectivity index (χ4v) is 2.45. The van der Waals surface area contributed by atoms with Crippen molar-refractivity contribution in [3.63, 3.8) is 0 Å². The van der Waals surface area contributed by atoms with Gasteiger partial charge >= 0.3 is 0 Å². The van der Waals surface area contributed by atoms with Gasteiger partial charge in [0.25, 0.3) is 0 Å². The summed E-state index contributed by atoms with van der Waals surface area (Å²) in [7, 11) is 1.87. The third-order valence-electron chi connectivity index (χ3n) is 3.42. The third kappa shape index (κ3) is 2.95. The van der Waals surface area contributed by atoms with Crippen LogP contribution in [-0.4, -0.2) is 31.3 Å². The van der Waals surface area contributed by atoms with Crippen molar-refractivity contribution in [3.05, 3.63) is 41.9 Å². The summed E-state index contributed by atoms with van der Waals surface area (Å²) in [6, 6.07) is 8.32. The van der Waals surface area contributed by atoms with Crippen LogP contribution in [0.15, 0.2) is 30.5 Å². The molecule has 0 saturated carbocycles. The Morgan fingerprint density at radius 3 is 2.86 bits per heavy atom. The fourth-order valence-electron chi connectivity index (χ4n) is 2.45. The van der Waals surface area contributed by atoms with Gasteiger partial charge in [0.1, 0.15) is 5.69 Å². The lowest BCUT2D eigenvalue weighted by Crippen LogP contribution is -2.14. The minimum atomic E-state index is 0.641. The van der Waals surface area contributed by atoms with Crippen molar-refractivity contribution in [1.29, 1.82) is 0 Å².